The first-order chi connectivity index (χ1) is 8.57. The van der Waals surface area contributed by atoms with Gasteiger partial charge in [0, 0.05) is 13.6 Å². The maximum absolute atomic E-state index is 12.5. The molecule has 1 heterocycles. The van der Waals surface area contributed by atoms with Crippen molar-refractivity contribution < 1.29 is 9.21 Å². The zero-order valence-corrected chi connectivity index (χ0v) is 11.5. The normalized spacial score (nSPS) is 17.3. The van der Waals surface area contributed by atoms with E-state index in [-0.39, 0.29) is 11.3 Å². The Morgan fingerprint density at radius 1 is 1.50 bits per heavy atom. The lowest BCUT2D eigenvalue weighted by Crippen LogP contribution is -2.51. The van der Waals surface area contributed by atoms with E-state index in [0.717, 1.165) is 37.3 Å². The molecule has 0 saturated heterocycles. The van der Waals surface area contributed by atoms with E-state index in [1.165, 1.54) is 0 Å². The van der Waals surface area contributed by atoms with Gasteiger partial charge in [-0.05, 0) is 38.9 Å². The molecule has 1 aliphatic rings. The number of nitrogens with zero attached hydrogens (tertiary/aromatic N) is 1. The largest absolute Gasteiger partial charge is 0.464 e. The first kappa shape index (κ1) is 13.1. The highest BCUT2D eigenvalue weighted by molar-refractivity contribution is 5.83. The summed E-state index contributed by atoms with van der Waals surface area (Å²) in [5.41, 5.74) is -0.175. The van der Waals surface area contributed by atoms with Crippen molar-refractivity contribution in [2.45, 2.75) is 32.7 Å². The Hall–Kier alpha value is -1.29. The molecule has 1 fully saturated rings. The topological polar surface area (TPSA) is 45.5 Å². The average molecular weight is 250 g/mol. The molecule has 4 heteroatoms. The van der Waals surface area contributed by atoms with Gasteiger partial charge in [0.2, 0.25) is 5.91 Å². The molecule has 0 aromatic carbocycles. The number of hydrogen-bond acceptors (Lipinski definition) is 3. The van der Waals surface area contributed by atoms with Crippen molar-refractivity contribution in [2.75, 3.05) is 20.6 Å². The highest BCUT2D eigenvalue weighted by atomic mass is 16.3. The van der Waals surface area contributed by atoms with Gasteiger partial charge in [-0.2, -0.15) is 0 Å². The molecular weight excluding hydrogens is 228 g/mol. The zero-order valence-electron chi connectivity index (χ0n) is 11.5. The van der Waals surface area contributed by atoms with Crippen LogP contribution in [0.5, 0.6) is 0 Å². The highest BCUT2D eigenvalue weighted by Gasteiger charge is 2.44. The first-order valence-electron chi connectivity index (χ1n) is 6.53. The van der Waals surface area contributed by atoms with Crippen molar-refractivity contribution in [3.63, 3.8) is 0 Å². The van der Waals surface area contributed by atoms with Gasteiger partial charge in [-0.1, -0.05) is 6.42 Å². The standard InChI is InChI=1S/C14H22N2O2/c1-11-5-6-12(18-11)9-16(3)13(17)14(10-15-2)7-4-8-14/h5-6,15H,4,7-10H2,1-3H3. The number of hydrogen-bond donors (Lipinski definition) is 1. The lowest BCUT2D eigenvalue weighted by molar-refractivity contribution is -0.146. The van der Waals surface area contributed by atoms with Crippen LogP contribution >= 0.6 is 0 Å². The van der Waals surface area contributed by atoms with Crippen molar-refractivity contribution in [3.05, 3.63) is 23.7 Å². The quantitative estimate of drug-likeness (QED) is 0.868. The summed E-state index contributed by atoms with van der Waals surface area (Å²) in [4.78, 5) is 14.3. The smallest absolute Gasteiger partial charge is 0.230 e. The predicted octanol–water partition coefficient (Wildman–Crippen LogP) is 1.94. The summed E-state index contributed by atoms with van der Waals surface area (Å²) in [6.07, 6.45) is 3.14. The number of aryl methyl sites for hydroxylation is 1. The molecule has 4 nitrogen and oxygen atoms in total. The van der Waals surface area contributed by atoms with Gasteiger partial charge in [-0.3, -0.25) is 4.79 Å². The Labute approximate surface area is 108 Å². The highest BCUT2D eigenvalue weighted by Crippen LogP contribution is 2.41. The lowest BCUT2D eigenvalue weighted by Gasteiger charge is -2.42. The first-order valence-corrected chi connectivity index (χ1v) is 6.53. The Balaban J connectivity index is 1.99. The second-order valence-electron chi connectivity index (χ2n) is 5.34. The summed E-state index contributed by atoms with van der Waals surface area (Å²) >= 11 is 0. The molecule has 0 atom stereocenters. The second kappa shape index (κ2) is 5.14. The molecule has 0 aliphatic heterocycles. The number of nitrogens with one attached hydrogen (secondary N) is 1. The number of carbonyl (C=O) groups is 1. The van der Waals surface area contributed by atoms with Crippen molar-refractivity contribution in [3.8, 4) is 0 Å². The van der Waals surface area contributed by atoms with E-state index < -0.39 is 0 Å². The molecule has 1 aromatic rings. The molecule has 1 aromatic heterocycles. The summed E-state index contributed by atoms with van der Waals surface area (Å²) in [6.45, 7) is 3.24. The third-order valence-electron chi connectivity index (χ3n) is 3.82. The van der Waals surface area contributed by atoms with Gasteiger partial charge in [-0.25, -0.2) is 0 Å². The fraction of sp³-hybridized carbons (Fsp3) is 0.643. The van der Waals surface area contributed by atoms with Crippen LogP contribution in [0.3, 0.4) is 0 Å². The average Bonchev–Trinajstić information content (AvgIpc) is 2.68. The second-order valence-corrected chi connectivity index (χ2v) is 5.34. The number of furan rings is 1. The van der Waals surface area contributed by atoms with E-state index in [4.69, 9.17) is 4.42 Å². The van der Waals surface area contributed by atoms with Crippen LogP contribution < -0.4 is 5.32 Å². The van der Waals surface area contributed by atoms with Gasteiger partial charge < -0.3 is 14.6 Å². The van der Waals surface area contributed by atoms with E-state index in [1.54, 1.807) is 4.90 Å². The van der Waals surface area contributed by atoms with E-state index in [1.807, 2.05) is 33.2 Å². The van der Waals surface area contributed by atoms with Crippen LogP contribution in [-0.2, 0) is 11.3 Å². The molecule has 18 heavy (non-hydrogen) atoms. The Morgan fingerprint density at radius 3 is 2.67 bits per heavy atom. The third-order valence-corrected chi connectivity index (χ3v) is 3.82. The van der Waals surface area contributed by atoms with E-state index >= 15 is 0 Å². The monoisotopic (exact) mass is 250 g/mol. The summed E-state index contributed by atoms with van der Waals surface area (Å²) in [7, 11) is 3.76. The van der Waals surface area contributed by atoms with Crippen LogP contribution in [0.4, 0.5) is 0 Å². The molecule has 2 rings (SSSR count). The van der Waals surface area contributed by atoms with Crippen LogP contribution in [0.15, 0.2) is 16.5 Å². The van der Waals surface area contributed by atoms with Crippen molar-refractivity contribution in [1.82, 2.24) is 10.2 Å². The summed E-state index contributed by atoms with van der Waals surface area (Å²) in [5, 5.41) is 3.14. The van der Waals surface area contributed by atoms with E-state index in [0.29, 0.717) is 6.54 Å². The summed E-state index contributed by atoms with van der Waals surface area (Å²) < 4.78 is 5.52. The maximum Gasteiger partial charge on any atom is 0.230 e. The fourth-order valence-electron chi connectivity index (χ4n) is 2.69. The van der Waals surface area contributed by atoms with Crippen LogP contribution in [0.1, 0.15) is 30.8 Å². The molecule has 1 aliphatic carbocycles. The Morgan fingerprint density at radius 2 is 2.22 bits per heavy atom. The van der Waals surface area contributed by atoms with Crippen molar-refractivity contribution >= 4 is 5.91 Å². The number of rotatable bonds is 5. The minimum Gasteiger partial charge on any atom is -0.464 e. The Kier molecular flexibility index (Phi) is 3.76. The molecule has 1 amide bonds. The van der Waals surface area contributed by atoms with Gasteiger partial charge >= 0.3 is 0 Å². The number of amides is 1. The Bertz CT molecular complexity index is 421. The molecule has 0 unspecified atom stereocenters. The van der Waals surface area contributed by atoms with Crippen LogP contribution in [0.25, 0.3) is 0 Å². The zero-order chi connectivity index (χ0) is 13.2. The molecule has 1 saturated carbocycles. The van der Waals surface area contributed by atoms with Crippen LogP contribution in [-0.4, -0.2) is 31.4 Å². The molecule has 1 N–H and O–H groups in total. The fourth-order valence-corrected chi connectivity index (χ4v) is 2.69. The van der Waals surface area contributed by atoms with Crippen molar-refractivity contribution in [2.24, 2.45) is 5.41 Å². The lowest BCUT2D eigenvalue weighted by atomic mass is 9.67. The third kappa shape index (κ3) is 2.43. The summed E-state index contributed by atoms with van der Waals surface area (Å²) in [6, 6.07) is 3.87. The van der Waals surface area contributed by atoms with Gasteiger partial charge in [0.15, 0.2) is 0 Å². The number of carbonyl (C=O) groups excluding carboxylic acids is 1. The molecule has 0 bridgehead atoms. The summed E-state index contributed by atoms with van der Waals surface area (Å²) in [5.74, 6) is 1.97. The molecule has 0 spiro atoms. The van der Waals surface area contributed by atoms with Gasteiger partial charge in [0.25, 0.3) is 0 Å². The molecule has 0 radical (unpaired) electrons. The van der Waals surface area contributed by atoms with Gasteiger partial charge in [0.1, 0.15) is 11.5 Å². The molecule has 100 valence electrons. The SMILES string of the molecule is CNCC1(C(=O)N(C)Cc2ccc(C)o2)CCC1. The van der Waals surface area contributed by atoms with Crippen LogP contribution in [0.2, 0.25) is 0 Å². The van der Waals surface area contributed by atoms with Crippen LogP contribution in [0, 0.1) is 12.3 Å². The van der Waals surface area contributed by atoms with Gasteiger partial charge in [0.05, 0.1) is 12.0 Å². The maximum atomic E-state index is 12.5. The minimum absolute atomic E-state index is 0.175. The van der Waals surface area contributed by atoms with E-state index in [9.17, 15) is 4.79 Å². The van der Waals surface area contributed by atoms with Gasteiger partial charge in [-0.15, -0.1) is 0 Å². The molecular formula is C14H22N2O2. The minimum atomic E-state index is -0.175. The van der Waals surface area contributed by atoms with Crippen molar-refractivity contribution in [1.29, 1.82) is 0 Å². The van der Waals surface area contributed by atoms with E-state index in [2.05, 4.69) is 5.32 Å². The predicted molar refractivity (Wildman–Crippen MR) is 70.1 cm³/mol.